The smallest absolute Gasteiger partial charge is 0.340 e. The predicted octanol–water partition coefficient (Wildman–Crippen LogP) is 3.92. The third-order valence-corrected chi connectivity index (χ3v) is 9.52. The summed E-state index contributed by atoms with van der Waals surface area (Å²) in [5.74, 6) is -0.564. The van der Waals surface area contributed by atoms with Gasteiger partial charge in [0.05, 0.1) is 12.7 Å². The van der Waals surface area contributed by atoms with Crippen molar-refractivity contribution in [2.24, 2.45) is 0 Å². The van der Waals surface area contributed by atoms with Gasteiger partial charge in [0.15, 0.2) is 0 Å². The van der Waals surface area contributed by atoms with Crippen molar-refractivity contribution in [2.45, 2.75) is 43.0 Å². The van der Waals surface area contributed by atoms with E-state index >= 15 is 0 Å². The first-order valence-electron chi connectivity index (χ1n) is 10.1. The molecule has 2 aliphatic heterocycles. The molecule has 0 bridgehead atoms. The van der Waals surface area contributed by atoms with Gasteiger partial charge in [0.2, 0.25) is 0 Å². The lowest BCUT2D eigenvalue weighted by atomic mass is 10.0. The van der Waals surface area contributed by atoms with Crippen LogP contribution < -0.4 is 0 Å². The molecule has 9 heteroatoms. The number of carbonyl (C=O) groups is 1. The van der Waals surface area contributed by atoms with Gasteiger partial charge in [0.1, 0.15) is 4.21 Å². The van der Waals surface area contributed by atoms with Crippen LogP contribution in [0.5, 0.6) is 0 Å². The lowest BCUT2D eigenvalue weighted by Crippen LogP contribution is -2.36. The summed E-state index contributed by atoms with van der Waals surface area (Å²) in [6, 6.07) is 7.75. The Morgan fingerprint density at radius 3 is 2.67 bits per heavy atom. The largest absolute Gasteiger partial charge is 0.465 e. The molecule has 0 amide bonds. The van der Waals surface area contributed by atoms with E-state index < -0.39 is 16.0 Å². The molecule has 1 aromatic carbocycles. The molecular weight excluding hydrogens is 444 g/mol. The topological polar surface area (TPSA) is 66.9 Å². The van der Waals surface area contributed by atoms with Crippen molar-refractivity contribution in [3.63, 3.8) is 0 Å². The summed E-state index contributed by atoms with van der Waals surface area (Å²) in [6.07, 6.45) is 3.36. The highest BCUT2D eigenvalue weighted by Gasteiger charge is 2.37. The van der Waals surface area contributed by atoms with Crippen LogP contribution in [-0.2, 0) is 34.3 Å². The highest BCUT2D eigenvalue weighted by atomic mass is 35.5. The molecule has 4 rings (SSSR count). The molecule has 162 valence electrons. The van der Waals surface area contributed by atoms with Gasteiger partial charge < -0.3 is 4.74 Å². The van der Waals surface area contributed by atoms with Crippen molar-refractivity contribution in [1.29, 1.82) is 0 Å². The second-order valence-corrected chi connectivity index (χ2v) is 11.4. The Morgan fingerprint density at radius 2 is 1.97 bits per heavy atom. The Balaban J connectivity index is 1.65. The molecule has 0 radical (unpaired) electrons. The van der Waals surface area contributed by atoms with Crippen molar-refractivity contribution < 1.29 is 17.9 Å². The number of fused-ring (bicyclic) bond motifs is 1. The number of halogens is 1. The standard InChI is InChI=1S/C21H25ClN2O4S2/c1-28-20(25)19-17-8-11-23(13-15-6-5-7-16(22)12-15)14-18(17)29-21(19)30(26,27)24-9-3-2-4-10-24/h5-7,12H,2-4,8-11,13-14H2,1H3. The van der Waals surface area contributed by atoms with Gasteiger partial charge in [-0.3, -0.25) is 4.90 Å². The number of carbonyl (C=O) groups excluding carboxylic acids is 1. The fourth-order valence-corrected chi connectivity index (χ4v) is 7.97. The van der Waals surface area contributed by atoms with Crippen LogP contribution in [0.1, 0.15) is 45.6 Å². The fraction of sp³-hybridized carbons (Fsp3) is 0.476. The molecule has 3 heterocycles. The van der Waals surface area contributed by atoms with Crippen molar-refractivity contribution in [1.82, 2.24) is 9.21 Å². The molecule has 6 nitrogen and oxygen atoms in total. The minimum Gasteiger partial charge on any atom is -0.465 e. The highest BCUT2D eigenvalue weighted by molar-refractivity contribution is 7.91. The van der Waals surface area contributed by atoms with Crippen molar-refractivity contribution in [3.05, 3.63) is 50.9 Å². The van der Waals surface area contributed by atoms with Crippen LogP contribution in [0.15, 0.2) is 28.5 Å². The van der Waals surface area contributed by atoms with Gasteiger partial charge in [-0.25, -0.2) is 13.2 Å². The van der Waals surface area contributed by atoms with Crippen LogP contribution in [0.25, 0.3) is 0 Å². The second kappa shape index (κ2) is 8.96. The van der Waals surface area contributed by atoms with E-state index in [1.807, 2.05) is 24.3 Å². The van der Waals surface area contributed by atoms with E-state index in [4.69, 9.17) is 16.3 Å². The van der Waals surface area contributed by atoms with Gasteiger partial charge >= 0.3 is 5.97 Å². The molecule has 1 aromatic heterocycles. The predicted molar refractivity (Wildman–Crippen MR) is 118 cm³/mol. The Morgan fingerprint density at radius 1 is 1.20 bits per heavy atom. The average Bonchev–Trinajstić information content (AvgIpc) is 3.13. The molecule has 0 spiro atoms. The molecular formula is C21H25ClN2O4S2. The maximum absolute atomic E-state index is 13.4. The first kappa shape index (κ1) is 21.8. The lowest BCUT2D eigenvalue weighted by molar-refractivity contribution is 0.0595. The number of rotatable bonds is 5. The van der Waals surface area contributed by atoms with E-state index in [1.54, 1.807) is 0 Å². The highest BCUT2D eigenvalue weighted by Crippen LogP contribution is 2.39. The summed E-state index contributed by atoms with van der Waals surface area (Å²) < 4.78 is 33.4. The summed E-state index contributed by atoms with van der Waals surface area (Å²) in [6.45, 7) is 3.08. The number of thiophene rings is 1. The van der Waals surface area contributed by atoms with Crippen LogP contribution in [-0.4, -0.2) is 50.3 Å². The second-order valence-electron chi connectivity index (χ2n) is 7.71. The van der Waals surface area contributed by atoms with Crippen LogP contribution in [0.2, 0.25) is 5.02 Å². The first-order chi connectivity index (χ1) is 14.4. The van der Waals surface area contributed by atoms with Crippen molar-refractivity contribution >= 4 is 38.9 Å². The number of piperidine rings is 1. The van der Waals surface area contributed by atoms with Gasteiger partial charge in [-0.1, -0.05) is 30.2 Å². The third-order valence-electron chi connectivity index (χ3n) is 5.68. The summed E-state index contributed by atoms with van der Waals surface area (Å²) in [4.78, 5) is 15.8. The Labute approximate surface area is 186 Å². The Kier molecular flexibility index (Phi) is 6.50. The molecule has 0 N–H and O–H groups in total. The van der Waals surface area contributed by atoms with Gasteiger partial charge in [-0.2, -0.15) is 4.31 Å². The zero-order chi connectivity index (χ0) is 21.3. The minimum absolute atomic E-state index is 0.144. The number of esters is 1. The summed E-state index contributed by atoms with van der Waals surface area (Å²) >= 11 is 7.33. The van der Waals surface area contributed by atoms with Crippen LogP contribution in [0.4, 0.5) is 0 Å². The van der Waals surface area contributed by atoms with E-state index in [0.29, 0.717) is 31.1 Å². The Bertz CT molecular complexity index is 1050. The zero-order valence-corrected chi connectivity index (χ0v) is 19.3. The van der Waals surface area contributed by atoms with Crippen LogP contribution in [0, 0.1) is 0 Å². The van der Waals surface area contributed by atoms with Gasteiger partial charge in [0.25, 0.3) is 10.0 Å². The summed E-state index contributed by atoms with van der Waals surface area (Å²) in [7, 11) is -2.41. The molecule has 0 saturated carbocycles. The molecule has 0 aliphatic carbocycles. The van der Waals surface area contributed by atoms with Crippen molar-refractivity contribution in [3.8, 4) is 0 Å². The maximum Gasteiger partial charge on any atom is 0.340 e. The van der Waals surface area contributed by atoms with Crippen LogP contribution >= 0.6 is 22.9 Å². The number of methoxy groups -OCH3 is 1. The minimum atomic E-state index is -3.71. The summed E-state index contributed by atoms with van der Waals surface area (Å²) in [5.41, 5.74) is 2.17. The van der Waals surface area contributed by atoms with Gasteiger partial charge in [0, 0.05) is 42.6 Å². The normalized spacial score (nSPS) is 18.2. The third kappa shape index (κ3) is 4.29. The van der Waals surface area contributed by atoms with E-state index in [2.05, 4.69) is 4.90 Å². The zero-order valence-electron chi connectivity index (χ0n) is 16.9. The number of hydrogen-bond donors (Lipinski definition) is 0. The molecule has 30 heavy (non-hydrogen) atoms. The van der Waals surface area contributed by atoms with E-state index in [1.165, 1.54) is 22.8 Å². The van der Waals surface area contributed by atoms with Gasteiger partial charge in [-0.05, 0) is 42.5 Å². The lowest BCUT2D eigenvalue weighted by Gasteiger charge is -2.27. The number of nitrogens with zero attached hydrogens (tertiary/aromatic N) is 2. The molecule has 2 aromatic rings. The SMILES string of the molecule is COC(=O)c1c(S(=O)(=O)N2CCCCC2)sc2c1CCN(Cc1cccc(Cl)c1)C2. The van der Waals surface area contributed by atoms with E-state index in [0.717, 1.165) is 48.4 Å². The molecule has 0 atom stereocenters. The molecule has 2 aliphatic rings. The average molecular weight is 469 g/mol. The quantitative estimate of drug-likeness (QED) is 0.622. The van der Waals surface area contributed by atoms with Crippen molar-refractivity contribution in [2.75, 3.05) is 26.7 Å². The molecule has 0 unspecified atom stereocenters. The number of hydrogen-bond acceptors (Lipinski definition) is 6. The molecule has 1 fully saturated rings. The number of benzene rings is 1. The first-order valence-corrected chi connectivity index (χ1v) is 12.7. The maximum atomic E-state index is 13.4. The summed E-state index contributed by atoms with van der Waals surface area (Å²) in [5, 5.41) is 0.698. The fourth-order valence-electron chi connectivity index (χ4n) is 4.17. The molecule has 1 saturated heterocycles. The van der Waals surface area contributed by atoms with E-state index in [-0.39, 0.29) is 9.77 Å². The monoisotopic (exact) mass is 468 g/mol. The van der Waals surface area contributed by atoms with E-state index in [9.17, 15) is 13.2 Å². The number of sulfonamides is 1. The van der Waals surface area contributed by atoms with Crippen LogP contribution in [0.3, 0.4) is 0 Å². The number of ether oxygens (including phenoxy) is 1. The van der Waals surface area contributed by atoms with Gasteiger partial charge in [-0.15, -0.1) is 11.3 Å². The Hall–Kier alpha value is -1.45.